The van der Waals surface area contributed by atoms with Gasteiger partial charge in [-0.3, -0.25) is 5.84 Å². The van der Waals surface area contributed by atoms with Crippen molar-refractivity contribution in [2.45, 2.75) is 45.1 Å². The second kappa shape index (κ2) is 4.81. The molecule has 1 saturated carbocycles. The Labute approximate surface area is 91.0 Å². The lowest BCUT2D eigenvalue weighted by atomic mass is 10.1. The van der Waals surface area contributed by atoms with Crippen LogP contribution in [0.1, 0.15) is 50.2 Å². The highest BCUT2D eigenvalue weighted by molar-refractivity contribution is 5.10. The maximum Gasteiger partial charge on any atom is 0.122 e. The van der Waals surface area contributed by atoms with Crippen molar-refractivity contribution in [3.8, 4) is 0 Å². The van der Waals surface area contributed by atoms with Gasteiger partial charge in [0.2, 0.25) is 0 Å². The van der Waals surface area contributed by atoms with Crippen molar-refractivity contribution in [3.63, 3.8) is 0 Å². The molecule has 15 heavy (non-hydrogen) atoms. The number of nitrogens with one attached hydrogen (secondary N) is 1. The average molecular weight is 208 g/mol. The summed E-state index contributed by atoms with van der Waals surface area (Å²) in [5.74, 6) is 8.52. The van der Waals surface area contributed by atoms with Crippen molar-refractivity contribution in [3.05, 3.63) is 23.7 Å². The van der Waals surface area contributed by atoms with Crippen molar-refractivity contribution in [2.75, 3.05) is 0 Å². The maximum absolute atomic E-state index is 5.70. The molecular weight excluding hydrogens is 188 g/mol. The summed E-state index contributed by atoms with van der Waals surface area (Å²) in [6, 6.07) is 4.26. The van der Waals surface area contributed by atoms with Gasteiger partial charge in [-0.1, -0.05) is 19.8 Å². The SMILES string of the molecule is CCc1ccc(C(CCC2CC2)NN)o1. The molecule has 0 aliphatic heterocycles. The van der Waals surface area contributed by atoms with E-state index >= 15 is 0 Å². The number of furan rings is 1. The standard InChI is InChI=1S/C12H20N2O/c1-2-10-6-8-12(15-10)11(14-13)7-5-9-3-4-9/h6,8-9,11,14H,2-5,7,13H2,1H3. The van der Waals surface area contributed by atoms with Crippen LogP contribution in [0.5, 0.6) is 0 Å². The van der Waals surface area contributed by atoms with Crippen LogP contribution in [0.3, 0.4) is 0 Å². The van der Waals surface area contributed by atoms with Gasteiger partial charge < -0.3 is 4.42 Å². The molecular formula is C12H20N2O. The largest absolute Gasteiger partial charge is 0.464 e. The zero-order valence-electron chi connectivity index (χ0n) is 9.33. The molecule has 0 amide bonds. The Hall–Kier alpha value is -0.800. The van der Waals surface area contributed by atoms with E-state index in [4.69, 9.17) is 10.3 Å². The molecule has 3 nitrogen and oxygen atoms in total. The zero-order valence-corrected chi connectivity index (χ0v) is 9.33. The molecule has 1 aromatic heterocycles. The Morgan fingerprint density at radius 1 is 1.53 bits per heavy atom. The number of hydrogen-bond donors (Lipinski definition) is 2. The third kappa shape index (κ3) is 2.83. The number of hydrazine groups is 1. The van der Waals surface area contributed by atoms with Crippen LogP contribution in [0, 0.1) is 5.92 Å². The second-order valence-corrected chi connectivity index (χ2v) is 4.40. The van der Waals surface area contributed by atoms with Crippen LogP contribution in [0.15, 0.2) is 16.5 Å². The summed E-state index contributed by atoms with van der Waals surface area (Å²) in [7, 11) is 0. The summed E-state index contributed by atoms with van der Waals surface area (Å²) >= 11 is 0. The van der Waals surface area contributed by atoms with Gasteiger partial charge in [-0.15, -0.1) is 0 Å². The van der Waals surface area contributed by atoms with E-state index in [1.165, 1.54) is 19.3 Å². The van der Waals surface area contributed by atoms with Crippen LogP contribution < -0.4 is 11.3 Å². The average Bonchev–Trinajstić information content (AvgIpc) is 2.96. The summed E-state index contributed by atoms with van der Waals surface area (Å²) in [6.07, 6.45) is 6.08. The number of nitrogens with two attached hydrogens (primary N) is 1. The highest BCUT2D eigenvalue weighted by Gasteiger charge is 2.23. The van der Waals surface area contributed by atoms with E-state index < -0.39 is 0 Å². The van der Waals surface area contributed by atoms with Crippen molar-refractivity contribution in [1.29, 1.82) is 0 Å². The van der Waals surface area contributed by atoms with Crippen LogP contribution >= 0.6 is 0 Å². The molecule has 3 N–H and O–H groups in total. The molecule has 1 aliphatic carbocycles. The Morgan fingerprint density at radius 2 is 2.33 bits per heavy atom. The lowest BCUT2D eigenvalue weighted by Gasteiger charge is -2.12. The van der Waals surface area contributed by atoms with Crippen molar-refractivity contribution in [2.24, 2.45) is 11.8 Å². The molecule has 0 aromatic carbocycles. The van der Waals surface area contributed by atoms with E-state index in [9.17, 15) is 0 Å². The first kappa shape index (κ1) is 10.7. The lowest BCUT2D eigenvalue weighted by Crippen LogP contribution is -2.27. The molecule has 0 radical (unpaired) electrons. The molecule has 1 atom stereocenters. The van der Waals surface area contributed by atoms with E-state index in [0.29, 0.717) is 0 Å². The van der Waals surface area contributed by atoms with Gasteiger partial charge in [-0.2, -0.15) is 0 Å². The van der Waals surface area contributed by atoms with E-state index in [1.807, 2.05) is 12.1 Å². The molecule has 1 aromatic rings. The Balaban J connectivity index is 1.91. The normalized spacial score (nSPS) is 18.0. The predicted octanol–water partition coefficient (Wildman–Crippen LogP) is 2.54. The molecule has 0 bridgehead atoms. The minimum atomic E-state index is 0.186. The molecule has 0 spiro atoms. The molecule has 0 saturated heterocycles. The number of aryl methyl sites for hydroxylation is 1. The van der Waals surface area contributed by atoms with Gasteiger partial charge in [0.25, 0.3) is 0 Å². The van der Waals surface area contributed by atoms with Gasteiger partial charge in [-0.25, -0.2) is 5.43 Å². The van der Waals surface area contributed by atoms with Crippen molar-refractivity contribution in [1.82, 2.24) is 5.43 Å². The van der Waals surface area contributed by atoms with Gasteiger partial charge in [0, 0.05) is 6.42 Å². The van der Waals surface area contributed by atoms with Crippen LogP contribution in [0.2, 0.25) is 0 Å². The Kier molecular flexibility index (Phi) is 3.44. The molecule has 1 unspecified atom stereocenters. The third-order valence-corrected chi connectivity index (χ3v) is 3.14. The molecule has 84 valence electrons. The van der Waals surface area contributed by atoms with E-state index in [1.54, 1.807) is 0 Å². The summed E-state index contributed by atoms with van der Waals surface area (Å²) in [4.78, 5) is 0. The fraction of sp³-hybridized carbons (Fsp3) is 0.667. The van der Waals surface area contributed by atoms with E-state index in [-0.39, 0.29) is 6.04 Å². The maximum atomic E-state index is 5.70. The highest BCUT2D eigenvalue weighted by Crippen LogP contribution is 2.35. The van der Waals surface area contributed by atoms with Gasteiger partial charge in [0.15, 0.2) is 0 Å². The first-order valence-corrected chi connectivity index (χ1v) is 5.88. The first-order chi connectivity index (χ1) is 7.33. The third-order valence-electron chi connectivity index (χ3n) is 3.14. The minimum absolute atomic E-state index is 0.186. The quantitative estimate of drug-likeness (QED) is 0.558. The van der Waals surface area contributed by atoms with E-state index in [0.717, 1.165) is 30.3 Å². The smallest absolute Gasteiger partial charge is 0.122 e. The topological polar surface area (TPSA) is 51.2 Å². The van der Waals surface area contributed by atoms with Crippen LogP contribution in [0.25, 0.3) is 0 Å². The monoisotopic (exact) mass is 208 g/mol. The summed E-state index contributed by atoms with van der Waals surface area (Å²) in [6.45, 7) is 2.09. The Morgan fingerprint density at radius 3 is 2.87 bits per heavy atom. The molecule has 2 rings (SSSR count). The Bertz CT molecular complexity index is 304. The summed E-state index contributed by atoms with van der Waals surface area (Å²) in [5.41, 5.74) is 2.85. The fourth-order valence-electron chi connectivity index (χ4n) is 1.89. The molecule has 1 fully saturated rings. The predicted molar refractivity (Wildman–Crippen MR) is 60.1 cm³/mol. The number of rotatable bonds is 6. The fourth-order valence-corrected chi connectivity index (χ4v) is 1.89. The van der Waals surface area contributed by atoms with Gasteiger partial charge in [-0.05, 0) is 30.9 Å². The summed E-state index contributed by atoms with van der Waals surface area (Å²) < 4.78 is 5.70. The van der Waals surface area contributed by atoms with Crippen molar-refractivity contribution < 1.29 is 4.42 Å². The molecule has 3 heteroatoms. The summed E-state index contributed by atoms with van der Waals surface area (Å²) in [5, 5.41) is 0. The zero-order chi connectivity index (χ0) is 10.7. The highest BCUT2D eigenvalue weighted by atomic mass is 16.3. The van der Waals surface area contributed by atoms with Gasteiger partial charge in [0.1, 0.15) is 11.5 Å². The van der Waals surface area contributed by atoms with Crippen LogP contribution in [0.4, 0.5) is 0 Å². The van der Waals surface area contributed by atoms with Crippen LogP contribution in [-0.2, 0) is 6.42 Å². The van der Waals surface area contributed by atoms with Gasteiger partial charge in [0.05, 0.1) is 6.04 Å². The first-order valence-electron chi connectivity index (χ1n) is 5.88. The second-order valence-electron chi connectivity index (χ2n) is 4.40. The van der Waals surface area contributed by atoms with Gasteiger partial charge >= 0.3 is 0 Å². The molecule has 1 heterocycles. The lowest BCUT2D eigenvalue weighted by molar-refractivity contribution is 0.373. The number of hydrogen-bond acceptors (Lipinski definition) is 3. The molecule has 1 aliphatic rings. The van der Waals surface area contributed by atoms with Crippen LogP contribution in [-0.4, -0.2) is 0 Å². The minimum Gasteiger partial charge on any atom is -0.464 e. The van der Waals surface area contributed by atoms with Crippen molar-refractivity contribution >= 4 is 0 Å². The van der Waals surface area contributed by atoms with E-state index in [2.05, 4.69) is 12.3 Å².